The Morgan fingerprint density at radius 2 is 1.76 bits per heavy atom. The van der Waals surface area contributed by atoms with E-state index < -0.39 is 68.1 Å². The highest BCUT2D eigenvalue weighted by Crippen LogP contribution is 2.49. The average Bonchev–Trinajstić information content (AvgIpc) is 3.55. The fraction of sp³-hybridized carbons (Fsp3) is 0.500. The number of aromatic nitrogens is 2. The van der Waals surface area contributed by atoms with Crippen LogP contribution in [0.4, 0.5) is 27.8 Å². The molecule has 1 N–H and O–H groups in total. The molecular weight excluding hydrogens is 674 g/mol. The summed E-state index contributed by atoms with van der Waals surface area (Å²) in [6.07, 6.45) is -1.53. The summed E-state index contributed by atoms with van der Waals surface area (Å²) in [5.74, 6) is -4.60. The molecular formula is C36H42F5N5O3Si. The zero-order valence-electron chi connectivity index (χ0n) is 28.6. The Bertz CT molecular complexity index is 1740. The number of anilines is 1. The molecule has 6 rings (SSSR count). The number of ether oxygens (including phenoxy) is 1. The molecule has 0 saturated carbocycles. The molecule has 8 nitrogen and oxygen atoms in total. The second-order valence-corrected chi connectivity index (χ2v) is 20.6. The van der Waals surface area contributed by atoms with Crippen molar-refractivity contribution in [1.82, 2.24) is 20.2 Å². The van der Waals surface area contributed by atoms with Crippen LogP contribution in [0.5, 0.6) is 0 Å². The van der Waals surface area contributed by atoms with Gasteiger partial charge in [-0.05, 0) is 49.1 Å². The van der Waals surface area contributed by atoms with Crippen LogP contribution < -0.4 is 10.2 Å². The van der Waals surface area contributed by atoms with E-state index in [-0.39, 0.29) is 31.9 Å². The lowest BCUT2D eigenvalue weighted by molar-refractivity contribution is -0.171. The molecule has 1 aliphatic carbocycles. The maximum Gasteiger partial charge on any atom is 0.406 e. The van der Waals surface area contributed by atoms with Crippen LogP contribution in [0, 0.1) is 0 Å². The fourth-order valence-corrected chi connectivity index (χ4v) is 8.16. The fourth-order valence-electron chi connectivity index (χ4n) is 7.40. The highest BCUT2D eigenvalue weighted by atomic mass is 28.3. The highest BCUT2D eigenvalue weighted by molar-refractivity contribution is 6.76. The maximum atomic E-state index is 15.9. The lowest BCUT2D eigenvalue weighted by atomic mass is 9.79. The van der Waals surface area contributed by atoms with Crippen LogP contribution in [0.1, 0.15) is 47.2 Å². The number of fused-ring (bicyclic) bond motifs is 3. The van der Waals surface area contributed by atoms with Crippen molar-refractivity contribution in [3.63, 3.8) is 0 Å². The number of halogens is 5. The number of piperidine rings is 1. The second-order valence-electron chi connectivity index (χ2n) is 14.9. The number of nitrogens with zero attached hydrogens (tertiary/aromatic N) is 4. The summed E-state index contributed by atoms with van der Waals surface area (Å²) < 4.78 is 78.2. The number of likely N-dealkylation sites (tertiary alicyclic amines) is 1. The number of carbonyl (C=O) groups excluding carboxylic acids is 2. The average molecular weight is 716 g/mol. The lowest BCUT2D eigenvalue weighted by Gasteiger charge is -2.43. The topological polar surface area (TPSA) is 87.7 Å². The van der Waals surface area contributed by atoms with Gasteiger partial charge >= 0.3 is 6.18 Å². The number of hydrogen-bond acceptors (Lipinski definition) is 6. The second kappa shape index (κ2) is 13.4. The number of rotatable bonds is 11. The molecule has 2 amide bonds. The normalized spacial score (nSPS) is 23.9. The van der Waals surface area contributed by atoms with Gasteiger partial charge in [-0.3, -0.25) is 24.8 Å². The molecule has 0 radical (unpaired) electrons. The van der Waals surface area contributed by atoms with Crippen molar-refractivity contribution in [2.45, 2.75) is 87.4 Å². The van der Waals surface area contributed by atoms with E-state index in [0.717, 1.165) is 22.7 Å². The highest BCUT2D eigenvalue weighted by Gasteiger charge is 2.55. The van der Waals surface area contributed by atoms with Crippen LogP contribution in [0.25, 0.3) is 0 Å². The van der Waals surface area contributed by atoms with E-state index >= 15 is 8.78 Å². The van der Waals surface area contributed by atoms with Crippen molar-refractivity contribution >= 4 is 25.7 Å². The van der Waals surface area contributed by atoms with E-state index in [2.05, 4.69) is 34.9 Å². The quantitative estimate of drug-likeness (QED) is 0.145. The van der Waals surface area contributed by atoms with Gasteiger partial charge in [0.15, 0.2) is 0 Å². The number of benzene rings is 1. The lowest BCUT2D eigenvalue weighted by Crippen LogP contribution is -2.59. The van der Waals surface area contributed by atoms with Gasteiger partial charge in [-0.15, -0.1) is 0 Å². The van der Waals surface area contributed by atoms with Gasteiger partial charge in [-0.25, -0.2) is 4.98 Å². The summed E-state index contributed by atoms with van der Waals surface area (Å²) in [4.78, 5) is 38.4. The molecule has 4 atom stereocenters. The molecule has 2 aliphatic heterocycles. The molecule has 4 heterocycles. The molecule has 3 aliphatic rings. The predicted molar refractivity (Wildman–Crippen MR) is 181 cm³/mol. The smallest absolute Gasteiger partial charge is 0.361 e. The maximum absolute atomic E-state index is 15.9. The standard InChI is InChI=1S/C36H42F5N5O3Si/c1-23-27(24-9-6-5-7-10-24)16-29(32(47)45(23)21-36(39,40)41)44-20-35(37,38)26-15-25-17-34(18-30(25)43-19-26)28-11-8-12-42-31(28)46(33(34)48)22-49-13-14-50(2,3)4/h5-12,15,19,23,27,29,44H,13-14,16-18,20-22H2,1-4H3/t23-,27-,29+,34+/m1/s1. The Morgan fingerprint density at radius 1 is 1.02 bits per heavy atom. The molecule has 0 unspecified atom stereocenters. The Morgan fingerprint density at radius 3 is 2.46 bits per heavy atom. The van der Waals surface area contributed by atoms with E-state index in [1.54, 1.807) is 49.5 Å². The monoisotopic (exact) mass is 715 g/mol. The zero-order valence-corrected chi connectivity index (χ0v) is 29.6. The molecule has 2 aromatic heterocycles. The first-order valence-corrected chi connectivity index (χ1v) is 20.6. The van der Waals surface area contributed by atoms with Crippen molar-refractivity contribution < 1.29 is 36.3 Å². The van der Waals surface area contributed by atoms with E-state index in [1.807, 2.05) is 6.07 Å². The van der Waals surface area contributed by atoms with Gasteiger partial charge in [0.1, 0.15) is 19.1 Å². The third-order valence-electron chi connectivity index (χ3n) is 10.2. The molecule has 0 bridgehead atoms. The Kier molecular flexibility index (Phi) is 9.68. The van der Waals surface area contributed by atoms with Gasteiger partial charge < -0.3 is 9.64 Å². The van der Waals surface area contributed by atoms with Gasteiger partial charge in [0.2, 0.25) is 11.8 Å². The number of nitrogens with one attached hydrogen (secondary N) is 1. The Balaban J connectivity index is 1.18. The predicted octanol–water partition coefficient (Wildman–Crippen LogP) is 6.19. The molecule has 1 fully saturated rings. The zero-order chi connectivity index (χ0) is 36.1. The largest absolute Gasteiger partial charge is 0.406 e. The summed E-state index contributed by atoms with van der Waals surface area (Å²) >= 11 is 0. The van der Waals surface area contributed by atoms with Crippen LogP contribution in [0.2, 0.25) is 25.7 Å². The summed E-state index contributed by atoms with van der Waals surface area (Å²) in [6, 6.07) is 12.6. The van der Waals surface area contributed by atoms with Gasteiger partial charge in [-0.1, -0.05) is 56.0 Å². The van der Waals surface area contributed by atoms with Crippen molar-refractivity contribution in [2.75, 3.05) is 31.3 Å². The molecule has 14 heteroatoms. The third-order valence-corrected chi connectivity index (χ3v) is 11.9. The van der Waals surface area contributed by atoms with Crippen LogP contribution in [-0.4, -0.2) is 79.4 Å². The first-order chi connectivity index (χ1) is 23.5. The SMILES string of the molecule is C[C@@H]1[C@H](c2ccccc2)C[C@H](NCC(F)(F)c2cnc3c(c2)C[C@@]2(C3)C(=O)N(COCC[Si](C)(C)C)c3ncccc32)C(=O)N1CC(F)(F)F. The van der Waals surface area contributed by atoms with Crippen LogP contribution in [0.3, 0.4) is 0 Å². The van der Waals surface area contributed by atoms with Crippen molar-refractivity contribution in [1.29, 1.82) is 0 Å². The summed E-state index contributed by atoms with van der Waals surface area (Å²) in [6.45, 7) is 6.37. The Labute approximate surface area is 289 Å². The number of carbonyl (C=O) groups is 2. The minimum Gasteiger partial charge on any atom is -0.361 e. The molecule has 3 aromatic rings. The molecule has 1 aromatic carbocycles. The van der Waals surface area contributed by atoms with Gasteiger partial charge in [0, 0.05) is 62.3 Å². The molecule has 1 saturated heterocycles. The van der Waals surface area contributed by atoms with E-state index in [9.17, 15) is 22.8 Å². The minimum absolute atomic E-state index is 0.0397. The molecule has 268 valence electrons. The number of hydrogen-bond donors (Lipinski definition) is 1. The first-order valence-electron chi connectivity index (χ1n) is 16.9. The Hall–Kier alpha value is -3.75. The molecule has 50 heavy (non-hydrogen) atoms. The van der Waals surface area contributed by atoms with Crippen LogP contribution in [-0.2, 0) is 38.5 Å². The van der Waals surface area contributed by atoms with Crippen molar-refractivity contribution in [3.05, 3.63) is 88.9 Å². The number of pyridine rings is 2. The van der Waals surface area contributed by atoms with Crippen LogP contribution >= 0.6 is 0 Å². The summed E-state index contributed by atoms with van der Waals surface area (Å²) in [7, 11) is -1.35. The first kappa shape index (κ1) is 36.1. The number of amides is 2. The van der Waals surface area contributed by atoms with E-state index in [0.29, 0.717) is 29.2 Å². The number of alkyl halides is 5. The van der Waals surface area contributed by atoms with Gasteiger partial charge in [0.05, 0.1) is 18.0 Å². The van der Waals surface area contributed by atoms with Crippen molar-refractivity contribution in [3.8, 4) is 0 Å². The van der Waals surface area contributed by atoms with E-state index in [1.165, 1.54) is 11.0 Å². The van der Waals surface area contributed by atoms with Crippen molar-refractivity contribution in [2.24, 2.45) is 0 Å². The summed E-state index contributed by atoms with van der Waals surface area (Å²) in [5.41, 5.74) is 1.01. The van der Waals surface area contributed by atoms with Gasteiger partial charge in [0.25, 0.3) is 5.92 Å². The third kappa shape index (κ3) is 7.19. The van der Waals surface area contributed by atoms with E-state index in [4.69, 9.17) is 4.74 Å². The van der Waals surface area contributed by atoms with Gasteiger partial charge in [-0.2, -0.15) is 22.0 Å². The summed E-state index contributed by atoms with van der Waals surface area (Å²) in [5, 5.41) is 2.61. The molecule has 1 spiro atoms. The van der Waals surface area contributed by atoms with Crippen LogP contribution in [0.15, 0.2) is 60.9 Å². The minimum atomic E-state index is -4.65.